The molecule has 2 aliphatic rings. The van der Waals surface area contributed by atoms with E-state index in [-0.39, 0.29) is 6.09 Å². The van der Waals surface area contributed by atoms with Crippen LogP contribution in [0.15, 0.2) is 0 Å². The molecule has 1 N–H and O–H groups in total. The molecular weight excluding hydrogens is 252 g/mol. The van der Waals surface area contributed by atoms with Crippen molar-refractivity contribution in [2.24, 2.45) is 11.8 Å². The van der Waals surface area contributed by atoms with Crippen LogP contribution < -0.4 is 5.32 Å². The Hall–Kier alpha value is -0.770. The molecule has 20 heavy (non-hydrogen) atoms. The summed E-state index contributed by atoms with van der Waals surface area (Å²) in [6.07, 6.45) is 4.86. The molecule has 116 valence electrons. The van der Waals surface area contributed by atoms with Gasteiger partial charge in [-0.1, -0.05) is 6.92 Å². The minimum absolute atomic E-state index is 0.167. The minimum Gasteiger partial charge on any atom is -0.444 e. The zero-order valence-electron chi connectivity index (χ0n) is 13.4. The van der Waals surface area contributed by atoms with Gasteiger partial charge in [0.1, 0.15) is 5.60 Å². The first kappa shape index (κ1) is 15.6. The molecule has 2 fully saturated rings. The number of carbonyl (C=O) groups is 1. The molecule has 0 spiro atoms. The zero-order valence-corrected chi connectivity index (χ0v) is 13.4. The van der Waals surface area contributed by atoms with Crippen molar-refractivity contribution in [2.75, 3.05) is 19.6 Å². The van der Waals surface area contributed by atoms with Crippen LogP contribution in [0.2, 0.25) is 0 Å². The second-order valence-electron chi connectivity index (χ2n) is 7.49. The van der Waals surface area contributed by atoms with E-state index in [1.54, 1.807) is 0 Å². The second-order valence-corrected chi connectivity index (χ2v) is 7.49. The fourth-order valence-corrected chi connectivity index (χ4v) is 2.82. The third-order valence-electron chi connectivity index (χ3n) is 4.23. The minimum atomic E-state index is -0.405. The third-order valence-corrected chi connectivity index (χ3v) is 4.23. The van der Waals surface area contributed by atoms with Gasteiger partial charge >= 0.3 is 6.09 Å². The van der Waals surface area contributed by atoms with Crippen molar-refractivity contribution in [3.63, 3.8) is 0 Å². The maximum Gasteiger partial charge on any atom is 0.410 e. The van der Waals surface area contributed by atoms with E-state index in [4.69, 9.17) is 4.74 Å². The summed E-state index contributed by atoms with van der Waals surface area (Å²) in [6.45, 7) is 10.8. The van der Waals surface area contributed by atoms with Crippen LogP contribution in [0.3, 0.4) is 0 Å². The molecule has 1 aliphatic carbocycles. The van der Waals surface area contributed by atoms with Crippen LogP contribution in [0.5, 0.6) is 0 Å². The maximum atomic E-state index is 12.1. The van der Waals surface area contributed by atoms with Gasteiger partial charge in [-0.25, -0.2) is 4.79 Å². The van der Waals surface area contributed by atoms with Crippen molar-refractivity contribution in [3.05, 3.63) is 0 Å². The normalized spacial score (nSPS) is 25.4. The molecule has 1 heterocycles. The number of hydrogen-bond acceptors (Lipinski definition) is 3. The number of piperidine rings is 1. The van der Waals surface area contributed by atoms with Gasteiger partial charge in [-0.2, -0.15) is 0 Å². The average molecular weight is 282 g/mol. The number of rotatable bonds is 4. The lowest BCUT2D eigenvalue weighted by molar-refractivity contribution is 0.0186. The van der Waals surface area contributed by atoms with Crippen LogP contribution in [0.25, 0.3) is 0 Å². The Morgan fingerprint density at radius 2 is 2.05 bits per heavy atom. The highest BCUT2D eigenvalue weighted by Crippen LogP contribution is 2.36. The zero-order chi connectivity index (χ0) is 14.8. The monoisotopic (exact) mass is 282 g/mol. The number of nitrogens with zero attached hydrogens (tertiary/aromatic N) is 1. The van der Waals surface area contributed by atoms with E-state index in [2.05, 4.69) is 12.2 Å². The molecule has 2 unspecified atom stereocenters. The molecule has 1 saturated heterocycles. The average Bonchev–Trinajstić information content (AvgIpc) is 3.18. The SMILES string of the molecule is CC(CNC1CCCN(C(=O)OC(C)(C)C)C1)C1CC1. The van der Waals surface area contributed by atoms with E-state index < -0.39 is 5.60 Å². The highest BCUT2D eigenvalue weighted by molar-refractivity contribution is 5.68. The molecule has 1 saturated carbocycles. The van der Waals surface area contributed by atoms with Crippen LogP contribution >= 0.6 is 0 Å². The summed E-state index contributed by atoms with van der Waals surface area (Å²) >= 11 is 0. The number of nitrogens with one attached hydrogen (secondary N) is 1. The number of ether oxygens (including phenoxy) is 1. The molecule has 0 bridgehead atoms. The van der Waals surface area contributed by atoms with Gasteiger partial charge in [-0.3, -0.25) is 0 Å². The molecule has 0 radical (unpaired) electrons. The van der Waals surface area contributed by atoms with E-state index in [1.807, 2.05) is 25.7 Å². The van der Waals surface area contributed by atoms with E-state index in [0.29, 0.717) is 6.04 Å². The van der Waals surface area contributed by atoms with Gasteiger partial charge in [0.05, 0.1) is 0 Å². The Balaban J connectivity index is 1.74. The Kier molecular flexibility index (Phi) is 4.95. The molecule has 4 nitrogen and oxygen atoms in total. The van der Waals surface area contributed by atoms with E-state index in [9.17, 15) is 4.79 Å². The van der Waals surface area contributed by atoms with E-state index >= 15 is 0 Å². The van der Waals surface area contributed by atoms with E-state index in [1.165, 1.54) is 12.8 Å². The maximum absolute atomic E-state index is 12.1. The summed E-state index contributed by atoms with van der Waals surface area (Å²) in [6, 6.07) is 0.428. The summed E-state index contributed by atoms with van der Waals surface area (Å²) < 4.78 is 5.46. The Labute approximate surface area is 123 Å². The Morgan fingerprint density at radius 1 is 1.35 bits per heavy atom. The fraction of sp³-hybridized carbons (Fsp3) is 0.938. The largest absolute Gasteiger partial charge is 0.444 e. The van der Waals surface area contributed by atoms with Crippen molar-refractivity contribution in [1.29, 1.82) is 0 Å². The predicted molar refractivity (Wildman–Crippen MR) is 80.7 cm³/mol. The lowest BCUT2D eigenvalue weighted by Gasteiger charge is -2.35. The van der Waals surface area contributed by atoms with Gasteiger partial charge in [-0.05, 0) is 64.8 Å². The van der Waals surface area contributed by atoms with Crippen LogP contribution in [-0.4, -0.2) is 42.3 Å². The molecule has 4 heteroatoms. The molecule has 2 rings (SSSR count). The van der Waals surface area contributed by atoms with Gasteiger partial charge < -0.3 is 15.0 Å². The smallest absolute Gasteiger partial charge is 0.410 e. The molecule has 0 aromatic rings. The molecule has 2 atom stereocenters. The quantitative estimate of drug-likeness (QED) is 0.862. The number of amides is 1. The number of carbonyl (C=O) groups excluding carboxylic acids is 1. The highest BCUT2D eigenvalue weighted by atomic mass is 16.6. The molecule has 0 aromatic carbocycles. The predicted octanol–water partition coefficient (Wildman–Crippen LogP) is 3.02. The van der Waals surface area contributed by atoms with Crippen LogP contribution in [-0.2, 0) is 4.74 Å². The lowest BCUT2D eigenvalue weighted by Crippen LogP contribution is -2.50. The van der Waals surface area contributed by atoms with Crippen molar-refractivity contribution in [3.8, 4) is 0 Å². The second kappa shape index (κ2) is 6.33. The summed E-state index contributed by atoms with van der Waals surface area (Å²) in [5, 5.41) is 3.64. The van der Waals surface area contributed by atoms with Gasteiger partial charge in [-0.15, -0.1) is 0 Å². The lowest BCUT2D eigenvalue weighted by atomic mass is 10.0. The summed E-state index contributed by atoms with van der Waals surface area (Å²) in [5.74, 6) is 1.71. The van der Waals surface area contributed by atoms with Crippen molar-refractivity contribution < 1.29 is 9.53 Å². The third kappa shape index (κ3) is 4.97. The van der Waals surface area contributed by atoms with Crippen molar-refractivity contribution >= 4 is 6.09 Å². The van der Waals surface area contributed by atoms with Crippen LogP contribution in [0.1, 0.15) is 53.4 Å². The first-order valence-corrected chi connectivity index (χ1v) is 8.06. The Morgan fingerprint density at radius 3 is 2.65 bits per heavy atom. The van der Waals surface area contributed by atoms with Gasteiger partial charge in [0.15, 0.2) is 0 Å². The van der Waals surface area contributed by atoms with Crippen molar-refractivity contribution in [2.45, 2.75) is 65.0 Å². The van der Waals surface area contributed by atoms with Gasteiger partial charge in [0, 0.05) is 19.1 Å². The number of likely N-dealkylation sites (tertiary alicyclic amines) is 1. The van der Waals surface area contributed by atoms with Gasteiger partial charge in [0.2, 0.25) is 0 Å². The first-order chi connectivity index (χ1) is 9.35. The molecule has 1 aliphatic heterocycles. The molecule has 1 amide bonds. The van der Waals surface area contributed by atoms with Gasteiger partial charge in [0.25, 0.3) is 0 Å². The van der Waals surface area contributed by atoms with Crippen LogP contribution in [0.4, 0.5) is 4.79 Å². The van der Waals surface area contributed by atoms with E-state index in [0.717, 1.165) is 44.3 Å². The fourth-order valence-electron chi connectivity index (χ4n) is 2.82. The summed E-state index contributed by atoms with van der Waals surface area (Å²) in [4.78, 5) is 13.9. The topological polar surface area (TPSA) is 41.6 Å². The highest BCUT2D eigenvalue weighted by Gasteiger charge is 2.30. The van der Waals surface area contributed by atoms with Crippen molar-refractivity contribution in [1.82, 2.24) is 10.2 Å². The van der Waals surface area contributed by atoms with Crippen LogP contribution in [0, 0.1) is 11.8 Å². The Bertz CT molecular complexity index is 334. The summed E-state index contributed by atoms with van der Waals surface area (Å²) in [5.41, 5.74) is -0.405. The first-order valence-electron chi connectivity index (χ1n) is 8.06. The summed E-state index contributed by atoms with van der Waals surface area (Å²) in [7, 11) is 0. The molecular formula is C16H30N2O2. The molecule has 0 aromatic heterocycles. The standard InChI is InChI=1S/C16H30N2O2/c1-12(13-7-8-13)10-17-14-6-5-9-18(11-14)15(19)20-16(2,3)4/h12-14,17H,5-11H2,1-4H3. The number of hydrogen-bond donors (Lipinski definition) is 1.